The second-order valence-corrected chi connectivity index (χ2v) is 5.38. The number of carbonyl (C=O) groups excluding carboxylic acids is 1. The summed E-state index contributed by atoms with van der Waals surface area (Å²) in [4.78, 5) is 12.1. The molecule has 0 saturated heterocycles. The summed E-state index contributed by atoms with van der Waals surface area (Å²) in [5, 5.41) is 23.1. The van der Waals surface area contributed by atoms with Crippen LogP contribution in [0.4, 0.5) is 11.4 Å². The summed E-state index contributed by atoms with van der Waals surface area (Å²) >= 11 is 5.80. The molecule has 1 amide bonds. The Morgan fingerprint density at radius 1 is 1.21 bits per heavy atom. The fourth-order valence-electron chi connectivity index (χ4n) is 2.06. The molecule has 0 atom stereocenters. The SMILES string of the molecule is N#C/C(=C/Nc1ccc2cn[nH]c2c1)C(=O)Nc1ccc(Cl)cc1. The fourth-order valence-corrected chi connectivity index (χ4v) is 2.19. The highest BCUT2D eigenvalue weighted by Crippen LogP contribution is 2.17. The predicted octanol–water partition coefficient (Wildman–Crippen LogP) is 3.67. The molecule has 0 aliphatic rings. The van der Waals surface area contributed by atoms with Gasteiger partial charge in [-0.15, -0.1) is 0 Å². The van der Waals surface area contributed by atoms with Gasteiger partial charge in [0.1, 0.15) is 11.6 Å². The van der Waals surface area contributed by atoms with Crippen molar-refractivity contribution in [3.8, 4) is 6.07 Å². The Hall–Kier alpha value is -3.30. The molecule has 118 valence electrons. The van der Waals surface area contributed by atoms with Crippen LogP contribution in [0.3, 0.4) is 0 Å². The number of rotatable bonds is 4. The maximum atomic E-state index is 12.1. The Morgan fingerprint density at radius 2 is 1.96 bits per heavy atom. The summed E-state index contributed by atoms with van der Waals surface area (Å²) in [7, 11) is 0. The molecular formula is C17H12ClN5O. The molecule has 3 rings (SSSR count). The molecule has 7 heteroatoms. The molecule has 24 heavy (non-hydrogen) atoms. The molecule has 0 aliphatic heterocycles. The molecule has 6 nitrogen and oxygen atoms in total. The molecule has 3 aromatic rings. The van der Waals surface area contributed by atoms with Crippen LogP contribution in [0.5, 0.6) is 0 Å². The van der Waals surface area contributed by atoms with Crippen molar-refractivity contribution in [2.24, 2.45) is 0 Å². The smallest absolute Gasteiger partial charge is 0.267 e. The van der Waals surface area contributed by atoms with Crippen LogP contribution in [0, 0.1) is 11.3 Å². The van der Waals surface area contributed by atoms with Crippen LogP contribution >= 0.6 is 11.6 Å². The lowest BCUT2D eigenvalue weighted by Crippen LogP contribution is -2.14. The van der Waals surface area contributed by atoms with Crippen molar-refractivity contribution in [2.45, 2.75) is 0 Å². The van der Waals surface area contributed by atoms with E-state index in [1.807, 2.05) is 24.3 Å². The van der Waals surface area contributed by atoms with Crippen LogP contribution in [0.1, 0.15) is 0 Å². The monoisotopic (exact) mass is 337 g/mol. The highest BCUT2D eigenvalue weighted by molar-refractivity contribution is 6.30. The Labute approximate surface area is 142 Å². The van der Waals surface area contributed by atoms with Gasteiger partial charge >= 0.3 is 0 Å². The molecule has 0 bridgehead atoms. The average molecular weight is 338 g/mol. The van der Waals surface area contributed by atoms with Crippen LogP contribution in [0.2, 0.25) is 5.02 Å². The fraction of sp³-hybridized carbons (Fsp3) is 0. The number of fused-ring (bicyclic) bond motifs is 1. The minimum absolute atomic E-state index is 0.0466. The molecule has 1 heterocycles. The van der Waals surface area contributed by atoms with E-state index in [-0.39, 0.29) is 5.57 Å². The first kappa shape index (κ1) is 15.6. The van der Waals surface area contributed by atoms with Gasteiger partial charge in [-0.3, -0.25) is 9.89 Å². The number of aromatic nitrogens is 2. The second kappa shape index (κ2) is 6.86. The third-order valence-electron chi connectivity index (χ3n) is 3.29. The molecule has 0 radical (unpaired) electrons. The molecule has 2 aromatic carbocycles. The Balaban J connectivity index is 1.72. The molecular weight excluding hydrogens is 326 g/mol. The number of carbonyl (C=O) groups is 1. The first-order chi connectivity index (χ1) is 11.7. The summed E-state index contributed by atoms with van der Waals surface area (Å²) in [6, 6.07) is 14.1. The zero-order valence-corrected chi connectivity index (χ0v) is 13.1. The van der Waals surface area contributed by atoms with Crippen molar-refractivity contribution < 1.29 is 4.79 Å². The number of amides is 1. The average Bonchev–Trinajstić information content (AvgIpc) is 3.05. The highest BCUT2D eigenvalue weighted by Gasteiger charge is 2.09. The van der Waals surface area contributed by atoms with Gasteiger partial charge in [-0.1, -0.05) is 11.6 Å². The van der Waals surface area contributed by atoms with Crippen molar-refractivity contribution >= 4 is 39.8 Å². The standard InChI is InChI=1S/C17H12ClN5O/c18-13-2-5-14(6-3-13)22-17(24)12(8-19)9-20-15-4-1-11-10-21-23-16(11)7-15/h1-7,9-10,20H,(H,21,23)(H,22,24)/b12-9-. The highest BCUT2D eigenvalue weighted by atomic mass is 35.5. The van der Waals surface area contributed by atoms with E-state index in [4.69, 9.17) is 11.6 Å². The van der Waals surface area contributed by atoms with Crippen molar-refractivity contribution in [1.82, 2.24) is 10.2 Å². The molecule has 0 fully saturated rings. The van der Waals surface area contributed by atoms with Gasteiger partial charge in [0.25, 0.3) is 5.91 Å². The number of nitrogens with one attached hydrogen (secondary N) is 3. The Bertz CT molecular complexity index is 953. The minimum Gasteiger partial charge on any atom is -0.360 e. The van der Waals surface area contributed by atoms with Gasteiger partial charge in [-0.05, 0) is 42.5 Å². The summed E-state index contributed by atoms with van der Waals surface area (Å²) in [5.74, 6) is -0.505. The number of nitrogens with zero attached hydrogens (tertiary/aromatic N) is 2. The van der Waals surface area contributed by atoms with Gasteiger partial charge < -0.3 is 10.6 Å². The zero-order valence-electron chi connectivity index (χ0n) is 12.4. The third kappa shape index (κ3) is 3.54. The van der Waals surface area contributed by atoms with Crippen LogP contribution < -0.4 is 10.6 Å². The first-order valence-electron chi connectivity index (χ1n) is 7.02. The topological polar surface area (TPSA) is 93.6 Å². The normalized spacial score (nSPS) is 11.1. The van der Waals surface area contributed by atoms with E-state index in [1.165, 1.54) is 6.20 Å². The summed E-state index contributed by atoms with van der Waals surface area (Å²) < 4.78 is 0. The lowest BCUT2D eigenvalue weighted by molar-refractivity contribution is -0.112. The summed E-state index contributed by atoms with van der Waals surface area (Å²) in [5.41, 5.74) is 2.11. The third-order valence-corrected chi connectivity index (χ3v) is 3.54. The molecule has 3 N–H and O–H groups in total. The largest absolute Gasteiger partial charge is 0.360 e. The second-order valence-electron chi connectivity index (χ2n) is 4.95. The summed E-state index contributed by atoms with van der Waals surface area (Å²) in [6.07, 6.45) is 3.08. The van der Waals surface area contributed by atoms with Gasteiger partial charge in [0, 0.05) is 28.0 Å². The van der Waals surface area contributed by atoms with Crippen molar-refractivity contribution in [1.29, 1.82) is 5.26 Å². The number of benzene rings is 2. The van der Waals surface area contributed by atoms with Gasteiger partial charge in [-0.25, -0.2) is 0 Å². The van der Waals surface area contributed by atoms with Gasteiger partial charge in [-0.2, -0.15) is 10.4 Å². The van der Waals surface area contributed by atoms with Gasteiger partial charge in [0.05, 0.1) is 11.7 Å². The van der Waals surface area contributed by atoms with E-state index in [1.54, 1.807) is 30.5 Å². The molecule has 0 unspecified atom stereocenters. The number of nitriles is 1. The number of hydrogen-bond acceptors (Lipinski definition) is 4. The van der Waals surface area contributed by atoms with Crippen molar-refractivity contribution in [3.05, 3.63) is 65.5 Å². The van der Waals surface area contributed by atoms with E-state index in [0.717, 1.165) is 16.6 Å². The number of aromatic amines is 1. The minimum atomic E-state index is -0.505. The van der Waals surface area contributed by atoms with Crippen LogP contribution in [0.15, 0.2) is 60.4 Å². The van der Waals surface area contributed by atoms with E-state index in [2.05, 4.69) is 20.8 Å². The van der Waals surface area contributed by atoms with Crippen molar-refractivity contribution in [2.75, 3.05) is 10.6 Å². The van der Waals surface area contributed by atoms with Gasteiger partial charge in [0.2, 0.25) is 0 Å². The number of anilines is 2. The lowest BCUT2D eigenvalue weighted by Gasteiger charge is -2.05. The summed E-state index contributed by atoms with van der Waals surface area (Å²) in [6.45, 7) is 0. The van der Waals surface area contributed by atoms with E-state index in [0.29, 0.717) is 10.7 Å². The predicted molar refractivity (Wildman–Crippen MR) is 93.5 cm³/mol. The van der Waals surface area contributed by atoms with E-state index >= 15 is 0 Å². The molecule has 0 saturated carbocycles. The van der Waals surface area contributed by atoms with Crippen LogP contribution in [-0.2, 0) is 4.79 Å². The maximum absolute atomic E-state index is 12.1. The zero-order chi connectivity index (χ0) is 16.9. The van der Waals surface area contributed by atoms with Crippen LogP contribution in [-0.4, -0.2) is 16.1 Å². The number of hydrogen-bond donors (Lipinski definition) is 3. The van der Waals surface area contributed by atoms with Crippen molar-refractivity contribution in [3.63, 3.8) is 0 Å². The lowest BCUT2D eigenvalue weighted by atomic mass is 10.2. The quantitative estimate of drug-likeness (QED) is 0.500. The van der Waals surface area contributed by atoms with E-state index in [9.17, 15) is 10.1 Å². The molecule has 0 spiro atoms. The number of halogens is 1. The Morgan fingerprint density at radius 3 is 2.71 bits per heavy atom. The Kier molecular flexibility index (Phi) is 4.45. The van der Waals surface area contributed by atoms with Crippen LogP contribution in [0.25, 0.3) is 10.9 Å². The maximum Gasteiger partial charge on any atom is 0.267 e. The molecule has 0 aliphatic carbocycles. The van der Waals surface area contributed by atoms with E-state index < -0.39 is 5.91 Å². The molecule has 1 aromatic heterocycles. The first-order valence-corrected chi connectivity index (χ1v) is 7.40. The number of H-pyrrole nitrogens is 1. The van der Waals surface area contributed by atoms with Gasteiger partial charge in [0.15, 0.2) is 0 Å².